The van der Waals surface area contributed by atoms with Crippen LogP contribution in [0.15, 0.2) is 0 Å². The van der Waals surface area contributed by atoms with Gasteiger partial charge in [-0.25, -0.2) is 0 Å². The molecule has 188 valence electrons. The standard InChI is InChI=1S/C25H41NO5S2/c1-4-5-16-32-23-13-14-24(23)33-17-6-7-22(30)21(12-9-19(3)28)26-25(31)15-11-20(29)10-8-18(2)27/h21,23-24H,4-17H2,1-3H3,(H,26,31)/t21-,23?,24?/m1/s1. The number of Topliss-reactive ketones (excluding diaryl/α,β-unsaturated/α-hetero) is 4. The fraction of sp³-hybridized carbons (Fsp3) is 0.800. The summed E-state index contributed by atoms with van der Waals surface area (Å²) in [6, 6.07) is -0.681. The summed E-state index contributed by atoms with van der Waals surface area (Å²) in [5.41, 5.74) is 0. The van der Waals surface area contributed by atoms with Crippen molar-refractivity contribution in [3.8, 4) is 0 Å². The average Bonchev–Trinajstić information content (AvgIpc) is 2.75. The van der Waals surface area contributed by atoms with E-state index in [2.05, 4.69) is 24.0 Å². The minimum Gasteiger partial charge on any atom is -0.346 e. The molecule has 0 radical (unpaired) electrons. The number of ketones is 4. The van der Waals surface area contributed by atoms with Crippen LogP contribution < -0.4 is 5.32 Å². The van der Waals surface area contributed by atoms with Crippen LogP contribution >= 0.6 is 23.5 Å². The summed E-state index contributed by atoms with van der Waals surface area (Å²) in [6.07, 6.45) is 7.12. The minimum absolute atomic E-state index is 0.00475. The monoisotopic (exact) mass is 499 g/mol. The molecule has 6 nitrogen and oxygen atoms in total. The number of carbonyl (C=O) groups excluding carboxylic acids is 5. The normalized spacial score (nSPS) is 18.3. The lowest BCUT2D eigenvalue weighted by atomic mass is 9.99. The van der Waals surface area contributed by atoms with Gasteiger partial charge in [0.2, 0.25) is 5.91 Å². The zero-order chi connectivity index (χ0) is 24.6. The van der Waals surface area contributed by atoms with Crippen LogP contribution in [0.25, 0.3) is 0 Å². The van der Waals surface area contributed by atoms with Gasteiger partial charge in [0.1, 0.15) is 17.3 Å². The van der Waals surface area contributed by atoms with E-state index in [-0.39, 0.29) is 61.1 Å². The molecule has 0 aromatic carbocycles. The second kappa shape index (κ2) is 17.3. The number of hydrogen-bond donors (Lipinski definition) is 1. The van der Waals surface area contributed by atoms with Crippen molar-refractivity contribution in [1.29, 1.82) is 0 Å². The summed E-state index contributed by atoms with van der Waals surface area (Å²) < 4.78 is 0. The molecule has 1 N–H and O–H groups in total. The SMILES string of the molecule is CCCCSC1CCC1SCCCC(=O)[C@@H](CCC(C)=O)NC(=O)CCC(=O)CCC(C)=O. The average molecular weight is 500 g/mol. The van der Waals surface area contributed by atoms with E-state index in [0.717, 1.165) is 17.4 Å². The molecule has 0 saturated heterocycles. The second-order valence-electron chi connectivity index (χ2n) is 8.92. The van der Waals surface area contributed by atoms with Gasteiger partial charge in [-0.3, -0.25) is 14.4 Å². The maximum atomic E-state index is 12.7. The zero-order valence-corrected chi connectivity index (χ0v) is 22.1. The second-order valence-corrected chi connectivity index (χ2v) is 11.6. The molecule has 0 aromatic rings. The third-order valence-electron chi connectivity index (χ3n) is 5.78. The highest BCUT2D eigenvalue weighted by Crippen LogP contribution is 2.40. The lowest BCUT2D eigenvalue weighted by Gasteiger charge is -2.35. The maximum Gasteiger partial charge on any atom is 0.221 e. The predicted octanol–water partition coefficient (Wildman–Crippen LogP) is 4.71. The van der Waals surface area contributed by atoms with E-state index in [9.17, 15) is 24.0 Å². The number of nitrogens with one attached hydrogen (secondary N) is 1. The number of amides is 1. The van der Waals surface area contributed by atoms with Crippen molar-refractivity contribution >= 4 is 52.6 Å². The Morgan fingerprint density at radius 2 is 1.36 bits per heavy atom. The first kappa shape index (κ1) is 29.9. The summed E-state index contributed by atoms with van der Waals surface area (Å²) in [5, 5.41) is 4.17. The molecule has 0 aromatic heterocycles. The van der Waals surface area contributed by atoms with Crippen LogP contribution in [0, 0.1) is 0 Å². The first-order valence-electron chi connectivity index (χ1n) is 12.3. The molecule has 0 heterocycles. The molecule has 1 fully saturated rings. The van der Waals surface area contributed by atoms with Crippen LogP contribution in [0.3, 0.4) is 0 Å². The van der Waals surface area contributed by atoms with Gasteiger partial charge in [0.05, 0.1) is 6.04 Å². The van der Waals surface area contributed by atoms with E-state index >= 15 is 0 Å². The quantitative estimate of drug-likeness (QED) is 0.242. The molecule has 0 aliphatic heterocycles. The van der Waals surface area contributed by atoms with E-state index in [1.807, 2.05) is 11.8 Å². The summed E-state index contributed by atoms with van der Waals surface area (Å²) in [7, 11) is 0. The Morgan fingerprint density at radius 3 is 1.91 bits per heavy atom. The lowest BCUT2D eigenvalue weighted by molar-refractivity contribution is -0.129. The van der Waals surface area contributed by atoms with E-state index in [4.69, 9.17) is 0 Å². The van der Waals surface area contributed by atoms with Gasteiger partial charge in [0.25, 0.3) is 0 Å². The lowest BCUT2D eigenvalue weighted by Crippen LogP contribution is -2.41. The van der Waals surface area contributed by atoms with Gasteiger partial charge in [-0.15, -0.1) is 0 Å². The summed E-state index contributed by atoms with van der Waals surface area (Å²) in [5.74, 6) is 1.55. The van der Waals surface area contributed by atoms with Crippen LogP contribution in [-0.2, 0) is 24.0 Å². The van der Waals surface area contributed by atoms with Gasteiger partial charge in [-0.2, -0.15) is 23.5 Å². The van der Waals surface area contributed by atoms with Crippen LogP contribution in [0.4, 0.5) is 0 Å². The van der Waals surface area contributed by atoms with Crippen molar-refractivity contribution in [1.82, 2.24) is 5.32 Å². The zero-order valence-electron chi connectivity index (χ0n) is 20.5. The molecular formula is C25H41NO5S2. The number of thioether (sulfide) groups is 2. The molecule has 1 aliphatic rings. The van der Waals surface area contributed by atoms with Gasteiger partial charge < -0.3 is 14.9 Å². The number of hydrogen-bond acceptors (Lipinski definition) is 7. The first-order chi connectivity index (χ1) is 15.7. The third kappa shape index (κ3) is 14.0. The third-order valence-corrected chi connectivity index (χ3v) is 8.98. The molecule has 8 heteroatoms. The van der Waals surface area contributed by atoms with Crippen LogP contribution in [0.5, 0.6) is 0 Å². The van der Waals surface area contributed by atoms with Crippen LogP contribution in [-0.4, -0.2) is 57.1 Å². The van der Waals surface area contributed by atoms with Crippen LogP contribution in [0.1, 0.15) is 97.8 Å². The Kier molecular flexibility index (Phi) is 15.7. The highest BCUT2D eigenvalue weighted by atomic mass is 32.2. The molecular weight excluding hydrogens is 458 g/mol. The molecule has 0 spiro atoms. The number of rotatable bonds is 20. The Bertz CT molecular complexity index is 667. The van der Waals surface area contributed by atoms with Gasteiger partial charge in [0.15, 0.2) is 5.78 Å². The molecule has 1 aliphatic carbocycles. The fourth-order valence-corrected chi connectivity index (χ4v) is 6.63. The Hall–Kier alpha value is -1.15. The predicted molar refractivity (Wildman–Crippen MR) is 137 cm³/mol. The van der Waals surface area contributed by atoms with Crippen molar-refractivity contribution in [3.05, 3.63) is 0 Å². The van der Waals surface area contributed by atoms with Crippen molar-refractivity contribution < 1.29 is 24.0 Å². The maximum absolute atomic E-state index is 12.7. The Labute approximate surface area is 207 Å². The molecule has 0 bridgehead atoms. The van der Waals surface area contributed by atoms with Crippen molar-refractivity contribution in [2.75, 3.05) is 11.5 Å². The Balaban J connectivity index is 2.37. The van der Waals surface area contributed by atoms with E-state index in [0.29, 0.717) is 18.1 Å². The van der Waals surface area contributed by atoms with Gasteiger partial charge in [0, 0.05) is 49.0 Å². The molecule has 1 amide bonds. The smallest absolute Gasteiger partial charge is 0.221 e. The summed E-state index contributed by atoms with van der Waals surface area (Å²) >= 11 is 4.04. The van der Waals surface area contributed by atoms with Gasteiger partial charge in [-0.05, 0) is 57.5 Å². The highest BCUT2D eigenvalue weighted by Gasteiger charge is 2.31. The fourth-order valence-electron chi connectivity index (χ4n) is 3.48. The summed E-state index contributed by atoms with van der Waals surface area (Å²) in [6.45, 7) is 5.12. The minimum atomic E-state index is -0.681. The molecule has 33 heavy (non-hydrogen) atoms. The largest absolute Gasteiger partial charge is 0.346 e. The topological polar surface area (TPSA) is 97.4 Å². The van der Waals surface area contributed by atoms with E-state index in [1.54, 1.807) is 0 Å². The van der Waals surface area contributed by atoms with Crippen molar-refractivity contribution in [3.63, 3.8) is 0 Å². The van der Waals surface area contributed by atoms with Crippen LogP contribution in [0.2, 0.25) is 0 Å². The first-order valence-corrected chi connectivity index (χ1v) is 14.4. The van der Waals surface area contributed by atoms with Crippen molar-refractivity contribution in [2.45, 2.75) is 114 Å². The van der Waals surface area contributed by atoms with Gasteiger partial charge in [-0.1, -0.05) is 13.3 Å². The Morgan fingerprint density at radius 1 is 0.788 bits per heavy atom. The van der Waals surface area contributed by atoms with Crippen molar-refractivity contribution in [2.24, 2.45) is 0 Å². The summed E-state index contributed by atoms with van der Waals surface area (Å²) in [4.78, 5) is 59.2. The van der Waals surface area contributed by atoms with Gasteiger partial charge >= 0.3 is 0 Å². The van der Waals surface area contributed by atoms with E-state index in [1.165, 1.54) is 45.3 Å². The molecule has 1 rings (SSSR count). The number of carbonyl (C=O) groups is 5. The molecule has 1 saturated carbocycles. The molecule has 2 unspecified atom stereocenters. The van der Waals surface area contributed by atoms with E-state index < -0.39 is 6.04 Å². The highest BCUT2D eigenvalue weighted by molar-refractivity contribution is 8.03. The molecule has 3 atom stereocenters. The number of unbranched alkanes of at least 4 members (excludes halogenated alkanes) is 1.